The number of carbonyl (C=O) groups is 1. The summed E-state index contributed by atoms with van der Waals surface area (Å²) in [5.41, 5.74) is 16.6. The van der Waals surface area contributed by atoms with E-state index in [1.807, 2.05) is 67.7 Å². The first-order valence-corrected chi connectivity index (χ1v) is 47.0. The molecule has 31 heteroatoms. The summed E-state index contributed by atoms with van der Waals surface area (Å²) < 4.78 is 7.16. The minimum Gasteiger partial charge on any atom is -0.435 e. The highest BCUT2D eigenvalue weighted by Crippen LogP contribution is 2.58. The number of allylic oxidation sites excluding steroid dienone is 2. The van der Waals surface area contributed by atoms with Crippen molar-refractivity contribution < 1.29 is 9.21 Å². The normalized spacial score (nSPS) is 21.6. The minimum absolute atomic E-state index is 0.0837. The Bertz CT molecular complexity index is 5640. The van der Waals surface area contributed by atoms with Crippen LogP contribution in [0.25, 0.3) is 32.5 Å². The molecular formula is C94H112N28O2S. The van der Waals surface area contributed by atoms with Gasteiger partial charge in [-0.25, -0.2) is 69.8 Å². The van der Waals surface area contributed by atoms with Crippen molar-refractivity contribution in [1.29, 1.82) is 0 Å². The molecule has 1 atom stereocenters. The predicted molar refractivity (Wildman–Crippen MR) is 496 cm³/mol. The number of anilines is 12. The number of fused-ring (bicyclic) bond motifs is 14. The van der Waals surface area contributed by atoms with Crippen molar-refractivity contribution in [2.24, 2.45) is 30.8 Å². The molecule has 24 rings (SSSR count). The van der Waals surface area contributed by atoms with Crippen molar-refractivity contribution in [2.45, 2.75) is 184 Å². The smallest absolute Gasteiger partial charge is 0.229 e. The van der Waals surface area contributed by atoms with Gasteiger partial charge in [0.05, 0.1) is 98.6 Å². The maximum atomic E-state index is 12.7. The number of hydrogen-bond acceptors (Lipinski definition) is 31. The SMILES string of the molecule is C1=NC2=C(c3nc(Nc4ccc(N5CCNCC5)cn4)ncc3C2)C2(C1)CCCCC2.C1=Nc2oc3cnc(Nc4ccc(N5CCNCC5)cn4)nc3c2C2(C1)CCCCC2.C1=Nc2sc3cnc(Nc4ccc(N5CCNCC5)cn4)nc3c2C2(C1)CCCCC2.O=C1CCC2(CCCCC2)C2=c3nc(Nc4ccc(N5CCNCC5)cn4)ncc3=NC12. The Balaban J connectivity index is 0.000000102. The van der Waals surface area contributed by atoms with Crippen LogP contribution < -0.4 is 72.8 Å². The summed E-state index contributed by atoms with van der Waals surface area (Å²) in [7, 11) is 0. The summed E-state index contributed by atoms with van der Waals surface area (Å²) in [6, 6.07) is 16.1. The van der Waals surface area contributed by atoms with Gasteiger partial charge in [-0.1, -0.05) is 77.0 Å². The number of furan rings is 1. The zero-order valence-corrected chi connectivity index (χ0v) is 72.2. The second-order valence-corrected chi connectivity index (χ2v) is 37.3. The number of ketones is 1. The van der Waals surface area contributed by atoms with Gasteiger partial charge in [0, 0.05) is 175 Å². The molecule has 14 aliphatic rings. The van der Waals surface area contributed by atoms with E-state index in [1.54, 1.807) is 23.7 Å². The maximum absolute atomic E-state index is 12.7. The summed E-state index contributed by atoms with van der Waals surface area (Å²) in [5.74, 6) is 6.23. The van der Waals surface area contributed by atoms with Crippen LogP contribution >= 0.6 is 11.3 Å². The lowest BCUT2D eigenvalue weighted by molar-refractivity contribution is -0.121. The van der Waals surface area contributed by atoms with E-state index in [1.165, 1.54) is 144 Å². The number of rotatable bonds is 12. The molecule has 10 aromatic heterocycles. The number of carbonyl (C=O) groups excluding carboxylic acids is 1. The van der Waals surface area contributed by atoms with Crippen molar-refractivity contribution >= 4 is 149 Å². The quantitative estimate of drug-likeness (QED) is 0.0563. The van der Waals surface area contributed by atoms with E-state index in [0.717, 1.165) is 233 Å². The van der Waals surface area contributed by atoms with Crippen LogP contribution in [0.2, 0.25) is 0 Å². The van der Waals surface area contributed by atoms with Gasteiger partial charge in [-0.15, -0.1) is 11.3 Å². The molecule has 646 valence electrons. The van der Waals surface area contributed by atoms with Gasteiger partial charge in [-0.2, -0.15) is 0 Å². The van der Waals surface area contributed by atoms with E-state index in [2.05, 4.69) is 144 Å². The molecule has 6 aliphatic carbocycles. The van der Waals surface area contributed by atoms with Gasteiger partial charge in [0.25, 0.3) is 0 Å². The zero-order valence-electron chi connectivity index (χ0n) is 71.4. The Morgan fingerprint density at radius 2 is 0.840 bits per heavy atom. The van der Waals surface area contributed by atoms with Crippen LogP contribution in [0.15, 0.2) is 128 Å². The Morgan fingerprint density at radius 3 is 1.35 bits per heavy atom. The van der Waals surface area contributed by atoms with Crippen molar-refractivity contribution in [1.82, 2.24) is 81.1 Å². The van der Waals surface area contributed by atoms with Gasteiger partial charge in [0.15, 0.2) is 11.4 Å². The molecule has 10 aromatic rings. The number of aliphatic imine (C=N–C) groups is 3. The molecule has 0 radical (unpaired) electrons. The largest absolute Gasteiger partial charge is 0.435 e. The monoisotopic (exact) mass is 1700 g/mol. The first kappa shape index (κ1) is 80.8. The summed E-state index contributed by atoms with van der Waals surface area (Å²) in [4.78, 5) is 97.1. The number of hydrogen-bond donors (Lipinski definition) is 8. The molecule has 0 bridgehead atoms. The molecule has 125 heavy (non-hydrogen) atoms. The third-order valence-corrected chi connectivity index (χ3v) is 29.7. The number of nitrogens with zero attached hydrogens (tertiary/aromatic N) is 20. The molecule has 9 fully saturated rings. The van der Waals surface area contributed by atoms with Crippen LogP contribution in [0, 0.1) is 10.8 Å². The predicted octanol–water partition coefficient (Wildman–Crippen LogP) is 13.8. The second kappa shape index (κ2) is 35.6. The number of Topliss-reactive ketones (excluding diaryl/α,β-unsaturated/α-hetero) is 1. The molecule has 8 N–H and O–H groups in total. The van der Waals surface area contributed by atoms with Crippen LogP contribution in [-0.4, -0.2) is 195 Å². The van der Waals surface area contributed by atoms with Crippen LogP contribution in [0.3, 0.4) is 0 Å². The second-order valence-electron chi connectivity index (χ2n) is 36.2. The molecule has 4 spiro atoms. The molecule has 8 aliphatic heterocycles. The summed E-state index contributed by atoms with van der Waals surface area (Å²) in [6.45, 7) is 16.1. The molecule has 1 unspecified atom stereocenters. The minimum atomic E-state index is -0.349. The van der Waals surface area contributed by atoms with Crippen LogP contribution in [0.5, 0.6) is 0 Å². The van der Waals surface area contributed by atoms with E-state index < -0.39 is 0 Å². The van der Waals surface area contributed by atoms with Crippen LogP contribution in [0.4, 0.5) is 80.7 Å². The number of thiophene rings is 1. The Morgan fingerprint density at radius 1 is 0.408 bits per heavy atom. The highest BCUT2D eigenvalue weighted by atomic mass is 32.1. The van der Waals surface area contributed by atoms with Crippen molar-refractivity contribution in [2.75, 3.05) is 146 Å². The summed E-state index contributed by atoms with van der Waals surface area (Å²) in [6.07, 6.45) is 51.9. The number of nitrogens with one attached hydrogen (secondary N) is 8. The number of piperazine rings is 4. The van der Waals surface area contributed by atoms with E-state index in [4.69, 9.17) is 39.3 Å². The number of pyridine rings is 4. The lowest BCUT2D eigenvalue weighted by atomic mass is 9.61. The highest BCUT2D eigenvalue weighted by Gasteiger charge is 2.49. The average molecular weight is 1700 g/mol. The maximum Gasteiger partial charge on any atom is 0.229 e. The first-order chi connectivity index (χ1) is 61.6. The van der Waals surface area contributed by atoms with Crippen molar-refractivity contribution in [3.05, 3.63) is 137 Å². The van der Waals surface area contributed by atoms with Gasteiger partial charge >= 0.3 is 0 Å². The molecular weight excluding hydrogens is 1590 g/mol. The van der Waals surface area contributed by atoms with Gasteiger partial charge in [0.1, 0.15) is 45.2 Å². The first-order valence-electron chi connectivity index (χ1n) is 46.2. The standard InChI is InChI=1S/C24H29N7O.C24H29N7.C23H27N7O.C23H27N7S/c32-18-6-9-24(7-2-1-3-8-24)20-21-17(28-22(18)20)15-27-23(30-21)29-19-5-4-16(14-26-19)31-12-10-25-11-13-31;1-2-6-24(7-3-1)8-9-26-19-14-17-15-28-23(30-22(17)21(19)24)29-20-5-4-18(16-27-20)31-12-10-25-11-13-31;2*1-2-6-23(7-3-1)8-9-25-21-19(23)20-17(31-21)15-27-22(29-20)28-18-5-4-16(14-26-18)30-12-10-24-11-13-30/h4-5,14-15,22,25H,1-3,6-13H2,(H,26,29,30);4-5,9,15-16,25H,1-3,6-8,10-14H2,(H,27,28,29,30);2*4-5,9,14-15,24H,1-3,6-8,10-13H2,(H,26,27,28,29). The molecule has 0 amide bonds. The van der Waals surface area contributed by atoms with E-state index in [9.17, 15) is 4.79 Å². The Kier molecular flexibility index (Phi) is 23.1. The summed E-state index contributed by atoms with van der Waals surface area (Å²) in [5, 5.41) is 29.5. The van der Waals surface area contributed by atoms with Gasteiger partial charge < -0.3 is 66.6 Å². The van der Waals surface area contributed by atoms with E-state index in [-0.39, 0.29) is 33.5 Å². The fourth-order valence-corrected chi connectivity index (χ4v) is 23.3. The molecule has 5 saturated carbocycles. The molecule has 0 aromatic carbocycles. The van der Waals surface area contributed by atoms with Crippen molar-refractivity contribution in [3.8, 4) is 0 Å². The molecule has 4 saturated heterocycles. The van der Waals surface area contributed by atoms with Gasteiger partial charge in [-0.3, -0.25) is 14.8 Å². The topological polar surface area (TPSA) is 344 Å². The lowest BCUT2D eigenvalue weighted by Gasteiger charge is -2.43. The Hall–Kier alpha value is -11.3. The molecule has 30 nitrogen and oxygen atoms in total. The Labute approximate surface area is 732 Å². The summed E-state index contributed by atoms with van der Waals surface area (Å²) >= 11 is 1.72. The van der Waals surface area contributed by atoms with Gasteiger partial charge in [-0.05, 0) is 137 Å². The fourth-order valence-electron chi connectivity index (χ4n) is 22.2. The van der Waals surface area contributed by atoms with Crippen LogP contribution in [-0.2, 0) is 22.0 Å². The van der Waals surface area contributed by atoms with Gasteiger partial charge in [0.2, 0.25) is 29.7 Å². The third-order valence-electron chi connectivity index (χ3n) is 28.7. The highest BCUT2D eigenvalue weighted by molar-refractivity contribution is 7.22. The average Bonchev–Trinajstić information content (AvgIpc) is 1.62. The van der Waals surface area contributed by atoms with Crippen molar-refractivity contribution in [3.63, 3.8) is 0 Å². The van der Waals surface area contributed by atoms with E-state index in [0.29, 0.717) is 47.5 Å². The number of aromatic nitrogens is 12. The third kappa shape index (κ3) is 16.7. The fraction of sp³-hybridized carbons (Fsp3) is 0.500. The van der Waals surface area contributed by atoms with E-state index >= 15 is 0 Å². The molecule has 18 heterocycles. The lowest BCUT2D eigenvalue weighted by Crippen LogP contribution is -2.43. The van der Waals surface area contributed by atoms with Crippen LogP contribution in [0.1, 0.15) is 183 Å². The zero-order chi connectivity index (χ0) is 83.6.